The molecule has 0 unspecified atom stereocenters. The van der Waals surface area contributed by atoms with Crippen LogP contribution in [0.25, 0.3) is 0 Å². The van der Waals surface area contributed by atoms with Gasteiger partial charge in [-0.1, -0.05) is 0 Å². The number of pyridine rings is 2. The molecule has 4 aliphatic rings. The molecule has 4 bridgehead atoms. The number of carboxylic acids is 1. The molecule has 3 N–H and O–H groups in total. The SMILES string of the molecule is NC(=O)N(C12CC3CC(CC(C3)C1)C2)C(Cc1ccncc1)(Cc1ccncc1)C(=O)O. The van der Waals surface area contributed by atoms with E-state index in [0.29, 0.717) is 17.8 Å². The number of nitrogens with zero attached hydrogens (tertiary/aromatic N) is 3. The Labute approximate surface area is 188 Å². The van der Waals surface area contributed by atoms with Crippen molar-refractivity contribution in [1.29, 1.82) is 0 Å². The van der Waals surface area contributed by atoms with Crippen molar-refractivity contribution in [2.24, 2.45) is 23.5 Å². The van der Waals surface area contributed by atoms with Gasteiger partial charge in [-0.05, 0) is 91.7 Å². The number of aliphatic carboxylic acids is 1. The van der Waals surface area contributed by atoms with Crippen molar-refractivity contribution in [3.63, 3.8) is 0 Å². The molecule has 2 aromatic rings. The molecule has 2 aromatic heterocycles. The van der Waals surface area contributed by atoms with Gasteiger partial charge in [0, 0.05) is 43.2 Å². The van der Waals surface area contributed by atoms with E-state index in [9.17, 15) is 14.7 Å². The van der Waals surface area contributed by atoms with Crippen LogP contribution in [0.3, 0.4) is 0 Å². The molecule has 32 heavy (non-hydrogen) atoms. The van der Waals surface area contributed by atoms with Crippen molar-refractivity contribution < 1.29 is 14.7 Å². The molecule has 168 valence electrons. The summed E-state index contributed by atoms with van der Waals surface area (Å²) in [6, 6.07) is 6.66. The first-order chi connectivity index (χ1) is 15.4. The Balaban J connectivity index is 1.64. The first-order valence-corrected chi connectivity index (χ1v) is 11.5. The predicted molar refractivity (Wildman–Crippen MR) is 119 cm³/mol. The fraction of sp³-hybridized carbons (Fsp3) is 0.520. The van der Waals surface area contributed by atoms with Gasteiger partial charge < -0.3 is 15.7 Å². The van der Waals surface area contributed by atoms with Crippen molar-refractivity contribution >= 4 is 12.0 Å². The molecule has 0 aliphatic heterocycles. The van der Waals surface area contributed by atoms with Crippen molar-refractivity contribution in [2.45, 2.75) is 62.4 Å². The molecule has 2 amide bonds. The van der Waals surface area contributed by atoms with Gasteiger partial charge >= 0.3 is 12.0 Å². The van der Waals surface area contributed by atoms with Gasteiger partial charge in [-0.15, -0.1) is 0 Å². The fourth-order valence-electron chi connectivity index (χ4n) is 7.38. The molecular formula is C25H30N4O3. The maximum atomic E-state index is 13.2. The second-order valence-electron chi connectivity index (χ2n) is 10.2. The Bertz CT molecular complexity index is 918. The van der Waals surface area contributed by atoms with Gasteiger partial charge in [0.2, 0.25) is 0 Å². The van der Waals surface area contributed by atoms with E-state index in [0.717, 1.165) is 30.4 Å². The number of amides is 2. The Morgan fingerprint density at radius 2 is 1.31 bits per heavy atom. The number of hydrogen-bond donors (Lipinski definition) is 2. The van der Waals surface area contributed by atoms with Crippen molar-refractivity contribution in [2.75, 3.05) is 0 Å². The highest BCUT2D eigenvalue weighted by Gasteiger charge is 2.61. The summed E-state index contributed by atoms with van der Waals surface area (Å²) in [6.07, 6.45) is 13.1. The number of carbonyl (C=O) groups excluding carboxylic acids is 1. The summed E-state index contributed by atoms with van der Waals surface area (Å²) in [5.74, 6) is 0.644. The van der Waals surface area contributed by atoms with Crippen LogP contribution in [0.4, 0.5) is 4.79 Å². The van der Waals surface area contributed by atoms with Crippen LogP contribution in [0, 0.1) is 17.8 Å². The molecule has 0 radical (unpaired) electrons. The van der Waals surface area contributed by atoms with Crippen LogP contribution in [-0.4, -0.2) is 43.1 Å². The second-order valence-corrected chi connectivity index (χ2v) is 10.2. The molecular weight excluding hydrogens is 404 g/mol. The first-order valence-electron chi connectivity index (χ1n) is 11.5. The minimum atomic E-state index is -1.49. The molecule has 4 fully saturated rings. The van der Waals surface area contributed by atoms with Crippen LogP contribution in [0.5, 0.6) is 0 Å². The van der Waals surface area contributed by atoms with E-state index >= 15 is 0 Å². The average Bonchev–Trinajstić information content (AvgIpc) is 2.73. The summed E-state index contributed by atoms with van der Waals surface area (Å²) in [4.78, 5) is 36.2. The Hall–Kier alpha value is -2.96. The molecule has 0 saturated heterocycles. The van der Waals surface area contributed by atoms with Crippen molar-refractivity contribution in [3.8, 4) is 0 Å². The van der Waals surface area contributed by atoms with Gasteiger partial charge in [0.1, 0.15) is 0 Å². The lowest BCUT2D eigenvalue weighted by atomic mass is 9.52. The highest BCUT2D eigenvalue weighted by Crippen LogP contribution is 2.59. The van der Waals surface area contributed by atoms with Crippen LogP contribution in [0.15, 0.2) is 49.1 Å². The monoisotopic (exact) mass is 434 g/mol. The number of carboxylic acid groups (broad SMARTS) is 1. The van der Waals surface area contributed by atoms with Gasteiger partial charge in [-0.25, -0.2) is 9.59 Å². The zero-order valence-electron chi connectivity index (χ0n) is 18.2. The second kappa shape index (κ2) is 7.87. The summed E-state index contributed by atoms with van der Waals surface area (Å²) >= 11 is 0. The number of nitrogens with two attached hydrogens (primary N) is 1. The van der Waals surface area contributed by atoms with Gasteiger partial charge in [0.15, 0.2) is 5.54 Å². The van der Waals surface area contributed by atoms with E-state index in [1.807, 2.05) is 24.3 Å². The molecule has 0 aromatic carbocycles. The number of aromatic nitrogens is 2. The standard InChI is InChI=1S/C25H30N4O3/c26-23(32)29(24-12-19-9-20(13-24)11-21(10-19)14-24)25(22(30)31,15-17-1-5-27-6-2-17)16-18-3-7-28-8-4-18/h1-8,19-21H,9-16H2,(H2,26,32)(H,30,31). The van der Waals surface area contributed by atoms with E-state index in [1.165, 1.54) is 19.3 Å². The van der Waals surface area contributed by atoms with Crippen LogP contribution >= 0.6 is 0 Å². The topological polar surface area (TPSA) is 109 Å². The zero-order chi connectivity index (χ0) is 22.3. The van der Waals surface area contributed by atoms with E-state index in [2.05, 4.69) is 9.97 Å². The number of urea groups is 1. The minimum absolute atomic E-state index is 0.178. The summed E-state index contributed by atoms with van der Waals surface area (Å²) < 4.78 is 0. The highest BCUT2D eigenvalue weighted by molar-refractivity contribution is 5.87. The molecule has 4 saturated carbocycles. The Morgan fingerprint density at radius 3 is 1.66 bits per heavy atom. The van der Waals surface area contributed by atoms with Crippen LogP contribution in [-0.2, 0) is 17.6 Å². The van der Waals surface area contributed by atoms with Crippen molar-refractivity contribution in [3.05, 3.63) is 60.2 Å². The molecule has 2 heterocycles. The average molecular weight is 435 g/mol. The lowest BCUT2D eigenvalue weighted by Crippen LogP contribution is -2.72. The van der Waals surface area contributed by atoms with Crippen LogP contribution < -0.4 is 5.73 Å². The van der Waals surface area contributed by atoms with E-state index < -0.39 is 23.1 Å². The molecule has 6 rings (SSSR count). The summed E-state index contributed by atoms with van der Waals surface area (Å²) in [6.45, 7) is 0. The quantitative estimate of drug-likeness (QED) is 0.694. The number of carbonyl (C=O) groups is 2. The normalized spacial score (nSPS) is 28.4. The summed E-state index contributed by atoms with van der Waals surface area (Å²) in [5.41, 5.74) is 5.77. The lowest BCUT2D eigenvalue weighted by Gasteiger charge is -2.63. The third-order valence-electron chi connectivity index (χ3n) is 8.02. The third-order valence-corrected chi connectivity index (χ3v) is 8.02. The maximum absolute atomic E-state index is 13.2. The molecule has 4 aliphatic carbocycles. The molecule has 0 atom stereocenters. The van der Waals surface area contributed by atoms with Crippen LogP contribution in [0.1, 0.15) is 49.7 Å². The van der Waals surface area contributed by atoms with Gasteiger partial charge in [-0.2, -0.15) is 0 Å². The third kappa shape index (κ3) is 3.53. The largest absolute Gasteiger partial charge is 0.479 e. The van der Waals surface area contributed by atoms with Gasteiger partial charge in [-0.3, -0.25) is 9.97 Å². The minimum Gasteiger partial charge on any atom is -0.479 e. The van der Waals surface area contributed by atoms with E-state index in [-0.39, 0.29) is 12.8 Å². The molecule has 0 spiro atoms. The highest BCUT2D eigenvalue weighted by atomic mass is 16.4. The Morgan fingerprint density at radius 1 is 0.906 bits per heavy atom. The number of primary amides is 1. The lowest BCUT2D eigenvalue weighted by molar-refractivity contribution is -0.162. The maximum Gasteiger partial charge on any atom is 0.330 e. The summed E-state index contributed by atoms with van der Waals surface area (Å²) in [7, 11) is 0. The molecule has 7 heteroatoms. The van der Waals surface area contributed by atoms with Crippen molar-refractivity contribution in [1.82, 2.24) is 14.9 Å². The Kier molecular flexibility index (Phi) is 5.14. The summed E-state index contributed by atoms with van der Waals surface area (Å²) in [5, 5.41) is 10.8. The van der Waals surface area contributed by atoms with Crippen LogP contribution in [0.2, 0.25) is 0 Å². The first kappa shape index (κ1) is 20.9. The predicted octanol–water partition coefficient (Wildman–Crippen LogP) is 3.43. The number of hydrogen-bond acceptors (Lipinski definition) is 4. The number of rotatable bonds is 7. The van der Waals surface area contributed by atoms with E-state index in [4.69, 9.17) is 5.73 Å². The fourth-order valence-corrected chi connectivity index (χ4v) is 7.38. The van der Waals surface area contributed by atoms with E-state index in [1.54, 1.807) is 29.7 Å². The molecule has 7 nitrogen and oxygen atoms in total. The zero-order valence-corrected chi connectivity index (χ0v) is 18.2. The smallest absolute Gasteiger partial charge is 0.330 e. The van der Waals surface area contributed by atoms with Gasteiger partial charge in [0.25, 0.3) is 0 Å². The van der Waals surface area contributed by atoms with Gasteiger partial charge in [0.05, 0.1) is 0 Å².